The van der Waals surface area contributed by atoms with Crippen LogP contribution in [0, 0.1) is 5.41 Å². The number of alkyl halides is 5. The van der Waals surface area contributed by atoms with Crippen LogP contribution in [0.3, 0.4) is 0 Å². The van der Waals surface area contributed by atoms with Crippen molar-refractivity contribution in [3.8, 4) is 0 Å². The van der Waals surface area contributed by atoms with E-state index in [1.165, 1.54) is 0 Å². The summed E-state index contributed by atoms with van der Waals surface area (Å²) >= 11 is 0. The molecule has 0 heterocycles. The van der Waals surface area contributed by atoms with Crippen LogP contribution in [0.4, 0.5) is 22.0 Å². The summed E-state index contributed by atoms with van der Waals surface area (Å²) < 4.78 is 65.5. The van der Waals surface area contributed by atoms with Crippen molar-refractivity contribution in [3.05, 3.63) is 0 Å². The van der Waals surface area contributed by atoms with Crippen LogP contribution in [0.5, 0.6) is 0 Å². The minimum Gasteiger partial charge on any atom is -0.207 e. The van der Waals surface area contributed by atoms with Crippen molar-refractivity contribution >= 4 is 0 Å². The van der Waals surface area contributed by atoms with E-state index in [1.54, 1.807) is 6.92 Å². The first-order chi connectivity index (χ1) is 8.58. The summed E-state index contributed by atoms with van der Waals surface area (Å²) in [5, 5.41) is 0. The van der Waals surface area contributed by atoms with Crippen molar-refractivity contribution in [2.24, 2.45) is 5.41 Å². The lowest BCUT2D eigenvalue weighted by molar-refractivity contribution is -0.234. The highest BCUT2D eigenvalue weighted by Crippen LogP contribution is 2.49. The zero-order valence-corrected chi connectivity index (χ0v) is 12.0. The normalized spacial score (nSPS) is 16.4. The summed E-state index contributed by atoms with van der Waals surface area (Å²) in [4.78, 5) is 0. The van der Waals surface area contributed by atoms with Crippen molar-refractivity contribution in [2.45, 2.75) is 84.2 Å². The predicted octanol–water partition coefficient (Wildman–Crippen LogP) is 6.35. The Morgan fingerprint density at radius 3 is 1.58 bits per heavy atom. The summed E-state index contributed by atoms with van der Waals surface area (Å²) in [7, 11) is 0. The lowest BCUT2D eigenvalue weighted by Gasteiger charge is -2.36. The van der Waals surface area contributed by atoms with E-state index in [9.17, 15) is 22.0 Å². The van der Waals surface area contributed by atoms with Gasteiger partial charge in [0.1, 0.15) is 0 Å². The lowest BCUT2D eigenvalue weighted by atomic mass is 9.74. The maximum Gasteiger partial charge on any atom is 0.394 e. The second-order valence-electron chi connectivity index (χ2n) is 5.56. The summed E-state index contributed by atoms with van der Waals surface area (Å²) in [6, 6.07) is 0. The highest BCUT2D eigenvalue weighted by molar-refractivity contribution is 4.86. The van der Waals surface area contributed by atoms with Gasteiger partial charge in [-0.2, -0.15) is 13.2 Å². The largest absolute Gasteiger partial charge is 0.394 e. The van der Waals surface area contributed by atoms with Crippen LogP contribution in [0.15, 0.2) is 0 Å². The van der Waals surface area contributed by atoms with Crippen LogP contribution in [0.2, 0.25) is 0 Å². The van der Waals surface area contributed by atoms with Gasteiger partial charge in [-0.15, -0.1) is 0 Å². The van der Waals surface area contributed by atoms with Gasteiger partial charge in [-0.1, -0.05) is 33.1 Å². The summed E-state index contributed by atoms with van der Waals surface area (Å²) in [5.41, 5.74) is -1.77. The van der Waals surface area contributed by atoms with Gasteiger partial charge in [0, 0.05) is 6.42 Å². The van der Waals surface area contributed by atoms with Crippen LogP contribution in [0.1, 0.15) is 72.1 Å². The molecular weight excluding hydrogens is 263 g/mol. The molecular formula is C14H25F5. The van der Waals surface area contributed by atoms with Gasteiger partial charge in [0.15, 0.2) is 0 Å². The Hall–Kier alpha value is -0.350. The van der Waals surface area contributed by atoms with E-state index in [0.29, 0.717) is 19.3 Å². The minimum absolute atomic E-state index is 0.0335. The van der Waals surface area contributed by atoms with Crippen LogP contribution in [-0.2, 0) is 0 Å². The van der Waals surface area contributed by atoms with Crippen molar-refractivity contribution in [2.75, 3.05) is 0 Å². The first kappa shape index (κ1) is 18.7. The zero-order chi connectivity index (χ0) is 15.2. The average Bonchev–Trinajstić information content (AvgIpc) is 2.22. The second kappa shape index (κ2) is 7.44. The summed E-state index contributed by atoms with van der Waals surface area (Å²) in [5.74, 6) is -2.88. The molecule has 0 saturated carbocycles. The van der Waals surface area contributed by atoms with Crippen LogP contribution >= 0.6 is 0 Å². The standard InChI is InChI=1S/C14H25F5/c1-4-6-10-13(8-5-2,14(17,18)19)11-7-9-12(3,15)16/h4-11H2,1-3H3. The maximum atomic E-state index is 13.3. The van der Waals surface area contributed by atoms with Gasteiger partial charge in [0.25, 0.3) is 0 Å². The van der Waals surface area contributed by atoms with Crippen LogP contribution in [0.25, 0.3) is 0 Å². The van der Waals surface area contributed by atoms with Gasteiger partial charge in [-0.05, 0) is 32.6 Å². The Kier molecular flexibility index (Phi) is 7.30. The van der Waals surface area contributed by atoms with Gasteiger partial charge in [0.2, 0.25) is 5.92 Å². The summed E-state index contributed by atoms with van der Waals surface area (Å²) in [6.07, 6.45) is -3.36. The molecule has 0 aliphatic rings. The Labute approximate surface area is 112 Å². The van der Waals surface area contributed by atoms with Gasteiger partial charge in [0.05, 0.1) is 5.41 Å². The molecule has 19 heavy (non-hydrogen) atoms. The first-order valence-electron chi connectivity index (χ1n) is 7.02. The van der Waals surface area contributed by atoms with Gasteiger partial charge >= 0.3 is 6.18 Å². The molecule has 0 nitrogen and oxygen atoms in total. The highest BCUT2D eigenvalue weighted by Gasteiger charge is 2.52. The predicted molar refractivity (Wildman–Crippen MR) is 67.4 cm³/mol. The molecule has 0 aromatic heterocycles. The van der Waals surface area contributed by atoms with Crippen molar-refractivity contribution in [1.29, 1.82) is 0 Å². The Morgan fingerprint density at radius 2 is 1.21 bits per heavy atom. The molecule has 0 rings (SSSR count). The molecule has 0 aromatic carbocycles. The number of halogens is 5. The van der Waals surface area contributed by atoms with E-state index in [0.717, 1.165) is 6.92 Å². The molecule has 0 saturated heterocycles. The highest BCUT2D eigenvalue weighted by atomic mass is 19.4. The topological polar surface area (TPSA) is 0 Å². The molecule has 0 bridgehead atoms. The van der Waals surface area contributed by atoms with Crippen LogP contribution in [-0.4, -0.2) is 12.1 Å². The lowest BCUT2D eigenvalue weighted by Crippen LogP contribution is -2.38. The Balaban J connectivity index is 4.80. The zero-order valence-electron chi connectivity index (χ0n) is 12.0. The van der Waals surface area contributed by atoms with E-state index < -0.39 is 23.9 Å². The molecule has 0 fully saturated rings. The molecule has 0 N–H and O–H groups in total. The Morgan fingerprint density at radius 1 is 0.684 bits per heavy atom. The molecule has 1 atom stereocenters. The quantitative estimate of drug-likeness (QED) is 0.433. The smallest absolute Gasteiger partial charge is 0.207 e. The minimum atomic E-state index is -4.30. The molecule has 0 aliphatic heterocycles. The maximum absolute atomic E-state index is 13.3. The molecule has 0 spiro atoms. The molecule has 116 valence electrons. The summed E-state index contributed by atoms with van der Waals surface area (Å²) in [6.45, 7) is 4.31. The fraction of sp³-hybridized carbons (Fsp3) is 1.00. The number of hydrogen-bond donors (Lipinski definition) is 0. The van der Waals surface area contributed by atoms with Gasteiger partial charge < -0.3 is 0 Å². The van der Waals surface area contributed by atoms with Gasteiger partial charge in [-0.25, -0.2) is 8.78 Å². The second-order valence-corrected chi connectivity index (χ2v) is 5.56. The molecule has 5 heteroatoms. The first-order valence-corrected chi connectivity index (χ1v) is 7.02. The van der Waals surface area contributed by atoms with Gasteiger partial charge in [-0.3, -0.25) is 0 Å². The number of hydrogen-bond acceptors (Lipinski definition) is 0. The van der Waals surface area contributed by atoms with E-state index in [-0.39, 0.29) is 25.7 Å². The van der Waals surface area contributed by atoms with Crippen molar-refractivity contribution in [3.63, 3.8) is 0 Å². The SMILES string of the molecule is CCCCC(CCC)(CCCC(C)(F)F)C(F)(F)F. The monoisotopic (exact) mass is 288 g/mol. The molecule has 1 unspecified atom stereocenters. The van der Waals surface area contributed by atoms with E-state index in [2.05, 4.69) is 0 Å². The fourth-order valence-corrected chi connectivity index (χ4v) is 2.53. The average molecular weight is 288 g/mol. The van der Waals surface area contributed by atoms with Crippen molar-refractivity contribution < 1.29 is 22.0 Å². The molecule has 0 aliphatic carbocycles. The molecule has 0 amide bonds. The molecule has 0 aromatic rings. The number of unbranched alkanes of at least 4 members (excludes halogenated alkanes) is 1. The van der Waals surface area contributed by atoms with E-state index >= 15 is 0 Å². The fourth-order valence-electron chi connectivity index (χ4n) is 2.53. The van der Waals surface area contributed by atoms with Crippen LogP contribution < -0.4 is 0 Å². The third-order valence-corrected chi connectivity index (χ3v) is 3.61. The third-order valence-electron chi connectivity index (χ3n) is 3.61. The van der Waals surface area contributed by atoms with Crippen molar-refractivity contribution in [1.82, 2.24) is 0 Å². The number of rotatable bonds is 9. The van der Waals surface area contributed by atoms with E-state index in [4.69, 9.17) is 0 Å². The molecule has 0 radical (unpaired) electrons. The Bertz CT molecular complexity index is 241. The van der Waals surface area contributed by atoms with E-state index in [1.807, 2.05) is 6.92 Å². The third kappa shape index (κ3) is 6.57.